The Bertz CT molecular complexity index is 1030. The van der Waals surface area contributed by atoms with Crippen LogP contribution in [0.15, 0.2) is 59.7 Å². The van der Waals surface area contributed by atoms with Gasteiger partial charge in [-0.2, -0.15) is 0 Å². The molecule has 0 aliphatic heterocycles. The van der Waals surface area contributed by atoms with E-state index in [2.05, 4.69) is 18.8 Å². The number of allylic oxidation sites excluding steroid dienone is 1. The van der Waals surface area contributed by atoms with Crippen molar-refractivity contribution in [1.82, 2.24) is 10.3 Å². The van der Waals surface area contributed by atoms with Gasteiger partial charge in [-0.1, -0.05) is 31.2 Å². The fourth-order valence-corrected chi connectivity index (χ4v) is 3.79. The first-order valence-corrected chi connectivity index (χ1v) is 9.22. The Morgan fingerprint density at radius 3 is 2.93 bits per heavy atom. The zero-order valence-corrected chi connectivity index (χ0v) is 15.4. The normalized spacial score (nSPS) is 17.7. The number of amides is 1. The van der Waals surface area contributed by atoms with E-state index in [1.807, 2.05) is 42.5 Å². The third kappa shape index (κ3) is 3.31. The van der Waals surface area contributed by atoms with Crippen molar-refractivity contribution < 1.29 is 9.21 Å². The molecule has 1 N–H and O–H groups in total. The van der Waals surface area contributed by atoms with E-state index in [0.29, 0.717) is 12.5 Å². The minimum atomic E-state index is -0.0730. The number of carbonyl (C=O) groups is 1. The second-order valence-electron chi connectivity index (χ2n) is 7.03. The van der Waals surface area contributed by atoms with Gasteiger partial charge in [0.1, 0.15) is 5.76 Å². The van der Waals surface area contributed by atoms with Gasteiger partial charge in [0, 0.05) is 11.9 Å². The number of hydrogen-bond donors (Lipinski definition) is 1. The van der Waals surface area contributed by atoms with Crippen LogP contribution in [0, 0.1) is 5.92 Å². The number of benzene rings is 1. The molecule has 3 aromatic rings. The molecule has 0 bridgehead atoms. The van der Waals surface area contributed by atoms with Crippen molar-refractivity contribution >= 4 is 28.5 Å². The van der Waals surface area contributed by atoms with Crippen molar-refractivity contribution in [1.29, 1.82) is 0 Å². The molecule has 27 heavy (non-hydrogen) atoms. The van der Waals surface area contributed by atoms with Gasteiger partial charge in [-0.15, -0.1) is 6.58 Å². The highest BCUT2D eigenvalue weighted by atomic mass is 16.3. The van der Waals surface area contributed by atoms with Gasteiger partial charge in [-0.25, -0.2) is 4.98 Å². The number of pyridine rings is 1. The SMILES string of the molecule is C=CCNC(=O)c1c2c(nc3ccccc13)/C(=C\c1ccco1)CC(C)C2. The standard InChI is InChI=1S/C23H22N2O2/c1-3-10-24-23(26)21-18-8-4-5-9-20(18)25-22-16(12-15(2)13-19(21)22)14-17-7-6-11-27-17/h3-9,11,14-15H,1,10,12-13H2,2H3,(H,24,26)/b16-14-. The summed E-state index contributed by atoms with van der Waals surface area (Å²) in [6, 6.07) is 11.6. The van der Waals surface area contributed by atoms with E-state index in [1.54, 1.807) is 12.3 Å². The maximum atomic E-state index is 13.0. The van der Waals surface area contributed by atoms with Crippen molar-refractivity contribution in [3.8, 4) is 0 Å². The van der Waals surface area contributed by atoms with Crippen LogP contribution in [0.5, 0.6) is 0 Å². The maximum Gasteiger partial charge on any atom is 0.252 e. The Morgan fingerprint density at radius 2 is 2.15 bits per heavy atom. The van der Waals surface area contributed by atoms with E-state index in [9.17, 15) is 4.79 Å². The molecule has 4 nitrogen and oxygen atoms in total. The zero-order valence-electron chi connectivity index (χ0n) is 15.4. The molecule has 4 rings (SSSR count). The second-order valence-corrected chi connectivity index (χ2v) is 7.03. The van der Waals surface area contributed by atoms with Crippen LogP contribution in [0.25, 0.3) is 22.6 Å². The fraction of sp³-hybridized carbons (Fsp3) is 0.217. The molecule has 1 unspecified atom stereocenters. The number of rotatable bonds is 4. The lowest BCUT2D eigenvalue weighted by Crippen LogP contribution is -2.27. The second kappa shape index (κ2) is 7.23. The van der Waals surface area contributed by atoms with Gasteiger partial charge >= 0.3 is 0 Å². The minimum Gasteiger partial charge on any atom is -0.465 e. The highest BCUT2D eigenvalue weighted by molar-refractivity contribution is 6.09. The number of carbonyl (C=O) groups excluding carboxylic acids is 1. The van der Waals surface area contributed by atoms with Crippen molar-refractivity contribution in [2.45, 2.75) is 19.8 Å². The summed E-state index contributed by atoms with van der Waals surface area (Å²) in [5, 5.41) is 3.84. The van der Waals surface area contributed by atoms with Crippen LogP contribution in [0.3, 0.4) is 0 Å². The summed E-state index contributed by atoms with van der Waals surface area (Å²) < 4.78 is 5.51. The molecule has 1 aromatic carbocycles. The maximum absolute atomic E-state index is 13.0. The highest BCUT2D eigenvalue weighted by Gasteiger charge is 2.28. The van der Waals surface area contributed by atoms with Gasteiger partial charge in [0.2, 0.25) is 0 Å². The average Bonchev–Trinajstić information content (AvgIpc) is 3.17. The van der Waals surface area contributed by atoms with E-state index in [4.69, 9.17) is 9.40 Å². The number of nitrogens with zero attached hydrogens (tertiary/aromatic N) is 1. The summed E-state index contributed by atoms with van der Waals surface area (Å²) in [6.07, 6.45) is 7.15. The van der Waals surface area contributed by atoms with E-state index < -0.39 is 0 Å². The molecule has 0 saturated heterocycles. The number of hydrogen-bond acceptors (Lipinski definition) is 3. The molecule has 1 aliphatic rings. The first-order valence-electron chi connectivity index (χ1n) is 9.22. The predicted molar refractivity (Wildman–Crippen MR) is 108 cm³/mol. The zero-order chi connectivity index (χ0) is 18.8. The quantitative estimate of drug-likeness (QED) is 0.677. The van der Waals surface area contributed by atoms with Crippen LogP contribution in [0.2, 0.25) is 0 Å². The van der Waals surface area contributed by atoms with Crippen LogP contribution in [-0.2, 0) is 6.42 Å². The number of furan rings is 1. The summed E-state index contributed by atoms with van der Waals surface area (Å²) in [4.78, 5) is 17.9. The Hall–Kier alpha value is -3.14. The molecule has 0 saturated carbocycles. The van der Waals surface area contributed by atoms with Gasteiger partial charge in [-0.05, 0) is 54.2 Å². The molecule has 1 atom stereocenters. The van der Waals surface area contributed by atoms with Crippen molar-refractivity contribution in [2.24, 2.45) is 5.92 Å². The highest BCUT2D eigenvalue weighted by Crippen LogP contribution is 2.38. The van der Waals surface area contributed by atoms with E-state index in [-0.39, 0.29) is 5.91 Å². The number of para-hydroxylation sites is 1. The minimum absolute atomic E-state index is 0.0730. The van der Waals surface area contributed by atoms with Crippen LogP contribution >= 0.6 is 0 Å². The predicted octanol–water partition coefficient (Wildman–Crippen LogP) is 4.87. The van der Waals surface area contributed by atoms with Crippen LogP contribution < -0.4 is 5.32 Å². The van der Waals surface area contributed by atoms with Gasteiger partial charge in [0.15, 0.2) is 0 Å². The molecular weight excluding hydrogens is 336 g/mol. The lowest BCUT2D eigenvalue weighted by atomic mass is 9.80. The van der Waals surface area contributed by atoms with Crippen LogP contribution in [-0.4, -0.2) is 17.4 Å². The lowest BCUT2D eigenvalue weighted by Gasteiger charge is -2.26. The summed E-state index contributed by atoms with van der Waals surface area (Å²) >= 11 is 0. The molecule has 1 aliphatic carbocycles. The lowest BCUT2D eigenvalue weighted by molar-refractivity contribution is 0.0958. The summed E-state index contributed by atoms with van der Waals surface area (Å²) in [5.74, 6) is 1.15. The summed E-state index contributed by atoms with van der Waals surface area (Å²) in [7, 11) is 0. The molecule has 4 heteroatoms. The summed E-state index contributed by atoms with van der Waals surface area (Å²) in [6.45, 7) is 6.34. The smallest absolute Gasteiger partial charge is 0.252 e. The third-order valence-electron chi connectivity index (χ3n) is 4.91. The van der Waals surface area contributed by atoms with Crippen LogP contribution in [0.1, 0.15) is 40.7 Å². The van der Waals surface area contributed by atoms with E-state index >= 15 is 0 Å². The van der Waals surface area contributed by atoms with E-state index in [0.717, 1.165) is 51.9 Å². The largest absolute Gasteiger partial charge is 0.465 e. The fourth-order valence-electron chi connectivity index (χ4n) is 3.79. The van der Waals surface area contributed by atoms with Crippen molar-refractivity contribution in [3.05, 3.63) is 77.9 Å². The number of nitrogens with one attached hydrogen (secondary N) is 1. The first-order chi connectivity index (χ1) is 13.2. The Balaban J connectivity index is 1.95. The van der Waals surface area contributed by atoms with Crippen molar-refractivity contribution in [3.63, 3.8) is 0 Å². The molecule has 2 heterocycles. The third-order valence-corrected chi connectivity index (χ3v) is 4.91. The van der Waals surface area contributed by atoms with Gasteiger partial charge in [-0.3, -0.25) is 4.79 Å². The van der Waals surface area contributed by atoms with Crippen LogP contribution in [0.4, 0.5) is 0 Å². The molecule has 0 spiro atoms. The van der Waals surface area contributed by atoms with Gasteiger partial charge < -0.3 is 9.73 Å². The number of fused-ring (bicyclic) bond motifs is 2. The van der Waals surface area contributed by atoms with E-state index in [1.165, 1.54) is 0 Å². The van der Waals surface area contributed by atoms with Gasteiger partial charge in [0.05, 0.1) is 23.0 Å². The molecule has 0 radical (unpaired) electrons. The van der Waals surface area contributed by atoms with Crippen molar-refractivity contribution in [2.75, 3.05) is 6.54 Å². The first kappa shape index (κ1) is 17.3. The average molecular weight is 358 g/mol. The Labute approximate surface area is 158 Å². The van der Waals surface area contributed by atoms with Gasteiger partial charge in [0.25, 0.3) is 5.91 Å². The molecule has 136 valence electrons. The summed E-state index contributed by atoms with van der Waals surface area (Å²) in [5.41, 5.74) is 4.61. The number of aromatic nitrogens is 1. The monoisotopic (exact) mass is 358 g/mol. The molecule has 2 aromatic heterocycles. The Kier molecular flexibility index (Phi) is 4.63. The molecule has 1 amide bonds. The molecular formula is C23H22N2O2. The topological polar surface area (TPSA) is 55.1 Å². The molecule has 0 fully saturated rings. The Morgan fingerprint density at radius 1 is 1.30 bits per heavy atom.